The second-order valence-electron chi connectivity index (χ2n) is 4.71. The molecule has 2 heteroatoms. The van der Waals surface area contributed by atoms with E-state index in [-0.39, 0.29) is 5.60 Å². The van der Waals surface area contributed by atoms with Crippen molar-refractivity contribution in [2.75, 3.05) is 20.2 Å². The van der Waals surface area contributed by atoms with E-state index in [2.05, 4.69) is 54.4 Å². The van der Waals surface area contributed by atoms with Crippen LogP contribution in [0.5, 0.6) is 0 Å². The average Bonchev–Trinajstić information content (AvgIpc) is 3.30. The summed E-state index contributed by atoms with van der Waals surface area (Å²) < 4.78 is 5.99. The first-order valence-corrected chi connectivity index (χ1v) is 9.89. The Bertz CT molecular complexity index is 402. The molecule has 2 aliphatic rings. The van der Waals surface area contributed by atoms with Crippen LogP contribution in [0.25, 0.3) is 0 Å². The van der Waals surface area contributed by atoms with Crippen LogP contribution in [-0.4, -0.2) is 30.7 Å². The molecule has 1 aromatic rings. The molecule has 2 aliphatic heterocycles. The van der Waals surface area contributed by atoms with E-state index in [0.29, 0.717) is 6.04 Å². The minimum Gasteiger partial charge on any atom is -0.365 e. The third-order valence-corrected chi connectivity index (χ3v) is 3.72. The molecule has 0 aliphatic carbocycles. The van der Waals surface area contributed by atoms with Crippen molar-refractivity contribution in [3.05, 3.63) is 48.0 Å². The molecule has 0 unspecified atom stereocenters. The zero-order chi connectivity index (χ0) is 19.0. The van der Waals surface area contributed by atoms with Gasteiger partial charge in [-0.2, -0.15) is 0 Å². The van der Waals surface area contributed by atoms with Gasteiger partial charge in [-0.25, -0.2) is 0 Å². The number of nitrogens with zero attached hydrogens (tertiary/aromatic N) is 1. The van der Waals surface area contributed by atoms with Crippen molar-refractivity contribution in [2.45, 2.75) is 73.5 Å². The van der Waals surface area contributed by atoms with E-state index in [4.69, 9.17) is 4.74 Å². The summed E-state index contributed by atoms with van der Waals surface area (Å²) >= 11 is 0. The van der Waals surface area contributed by atoms with Gasteiger partial charge in [-0.3, -0.25) is 4.90 Å². The van der Waals surface area contributed by atoms with Gasteiger partial charge >= 0.3 is 0 Å². The molecular formula is C22H41NO. The molecule has 0 aromatic heterocycles. The maximum atomic E-state index is 5.99. The molecule has 24 heavy (non-hydrogen) atoms. The van der Waals surface area contributed by atoms with Gasteiger partial charge in [0.2, 0.25) is 0 Å². The second-order valence-corrected chi connectivity index (χ2v) is 4.71. The Morgan fingerprint density at radius 3 is 1.92 bits per heavy atom. The lowest BCUT2D eigenvalue weighted by Gasteiger charge is -2.32. The van der Waals surface area contributed by atoms with Crippen LogP contribution in [0.1, 0.15) is 73.4 Å². The Labute approximate surface area is 151 Å². The third kappa shape index (κ3) is 6.41. The molecule has 140 valence electrons. The highest BCUT2D eigenvalue weighted by Gasteiger charge is 2.47. The van der Waals surface area contributed by atoms with Crippen molar-refractivity contribution < 1.29 is 4.74 Å². The highest BCUT2D eigenvalue weighted by Crippen LogP contribution is 2.44. The van der Waals surface area contributed by atoms with E-state index >= 15 is 0 Å². The van der Waals surface area contributed by atoms with Crippen molar-refractivity contribution >= 4 is 0 Å². The van der Waals surface area contributed by atoms with Crippen molar-refractivity contribution in [1.29, 1.82) is 0 Å². The fourth-order valence-electron chi connectivity index (χ4n) is 2.99. The van der Waals surface area contributed by atoms with Crippen LogP contribution in [-0.2, 0) is 4.74 Å². The van der Waals surface area contributed by atoms with E-state index in [1.807, 2.05) is 55.4 Å². The summed E-state index contributed by atoms with van der Waals surface area (Å²) in [6, 6.07) is 11.0. The maximum Gasteiger partial charge on any atom is 0.108 e. The van der Waals surface area contributed by atoms with Gasteiger partial charge in [0.1, 0.15) is 5.60 Å². The van der Waals surface area contributed by atoms with E-state index in [1.165, 1.54) is 5.56 Å². The maximum absolute atomic E-state index is 5.99. The van der Waals surface area contributed by atoms with Gasteiger partial charge in [-0.05, 0) is 19.0 Å². The molecule has 1 aromatic carbocycles. The van der Waals surface area contributed by atoms with Crippen LogP contribution in [0.2, 0.25) is 0 Å². The van der Waals surface area contributed by atoms with Crippen LogP contribution in [0.15, 0.2) is 42.5 Å². The van der Waals surface area contributed by atoms with E-state index in [1.54, 1.807) is 0 Å². The van der Waals surface area contributed by atoms with Crippen LogP contribution in [0.3, 0.4) is 0 Å². The SMILES string of the molecule is CC.CC.CC.CC.CN1CC[C@@]2(C=CCO2)[C@@H]1c1ccccc1. The second kappa shape index (κ2) is 15.4. The third-order valence-electron chi connectivity index (χ3n) is 3.72. The van der Waals surface area contributed by atoms with Gasteiger partial charge in [0.15, 0.2) is 0 Å². The predicted molar refractivity (Wildman–Crippen MR) is 110 cm³/mol. The fraction of sp³-hybridized carbons (Fsp3) is 0.636. The summed E-state index contributed by atoms with van der Waals surface area (Å²) in [6.45, 7) is 17.9. The summed E-state index contributed by atoms with van der Waals surface area (Å²) in [6.07, 6.45) is 5.50. The lowest BCUT2D eigenvalue weighted by atomic mass is 9.89. The largest absolute Gasteiger partial charge is 0.365 e. The molecule has 1 saturated heterocycles. The molecule has 0 saturated carbocycles. The lowest BCUT2D eigenvalue weighted by molar-refractivity contribution is 0.0000343. The Balaban J connectivity index is 0. The zero-order valence-corrected chi connectivity index (χ0v) is 17.6. The van der Waals surface area contributed by atoms with Gasteiger partial charge in [-0.15, -0.1) is 0 Å². The van der Waals surface area contributed by atoms with E-state index in [9.17, 15) is 0 Å². The average molecular weight is 336 g/mol. The Hall–Kier alpha value is -1.12. The standard InChI is InChI=1S/C14H17NO.4C2H6/c1-15-10-9-14(8-5-11-16-14)13(15)12-6-3-2-4-7-12;4*1-2/h2-8,13H,9-11H2,1H3;4*1-2H3/t13-,14-;;;;/m0..../s1. The van der Waals surface area contributed by atoms with E-state index < -0.39 is 0 Å². The Morgan fingerprint density at radius 1 is 0.917 bits per heavy atom. The molecule has 0 bridgehead atoms. The molecule has 2 nitrogen and oxygen atoms in total. The minimum absolute atomic E-state index is 0.0733. The topological polar surface area (TPSA) is 12.5 Å². The van der Waals surface area contributed by atoms with Crippen molar-refractivity contribution in [3.63, 3.8) is 0 Å². The van der Waals surface area contributed by atoms with Crippen LogP contribution in [0.4, 0.5) is 0 Å². The van der Waals surface area contributed by atoms with Gasteiger partial charge < -0.3 is 4.74 Å². The number of benzene rings is 1. The first-order chi connectivity index (χ1) is 11.8. The lowest BCUT2D eigenvalue weighted by Crippen LogP contribution is -2.34. The predicted octanol–water partition coefficient (Wildman–Crippen LogP) is 6.49. The highest BCUT2D eigenvalue weighted by atomic mass is 16.5. The number of ether oxygens (including phenoxy) is 1. The number of rotatable bonds is 1. The summed E-state index contributed by atoms with van der Waals surface area (Å²) in [5.41, 5.74) is 1.28. The van der Waals surface area contributed by atoms with Gasteiger partial charge in [0.05, 0.1) is 12.6 Å². The van der Waals surface area contributed by atoms with E-state index in [0.717, 1.165) is 19.6 Å². The smallest absolute Gasteiger partial charge is 0.108 e. The van der Waals surface area contributed by atoms with Gasteiger partial charge in [0, 0.05) is 6.54 Å². The summed E-state index contributed by atoms with van der Waals surface area (Å²) in [5.74, 6) is 0. The minimum atomic E-state index is -0.0733. The van der Waals surface area contributed by atoms with Crippen molar-refractivity contribution in [3.8, 4) is 0 Å². The number of hydrogen-bond acceptors (Lipinski definition) is 2. The van der Waals surface area contributed by atoms with Crippen molar-refractivity contribution in [2.24, 2.45) is 0 Å². The number of likely N-dealkylation sites (N-methyl/N-ethyl adjacent to an activating group) is 1. The monoisotopic (exact) mass is 335 g/mol. The normalized spacial score (nSPS) is 23.6. The molecule has 0 N–H and O–H groups in total. The molecule has 0 amide bonds. The first kappa shape index (κ1) is 25.1. The quantitative estimate of drug-likeness (QED) is 0.544. The number of likely N-dealkylation sites (tertiary alicyclic amines) is 1. The number of hydrogen-bond donors (Lipinski definition) is 0. The van der Waals surface area contributed by atoms with Gasteiger partial charge in [0.25, 0.3) is 0 Å². The molecule has 3 rings (SSSR count). The molecular weight excluding hydrogens is 294 g/mol. The molecule has 1 fully saturated rings. The molecule has 0 radical (unpaired) electrons. The summed E-state index contributed by atoms with van der Waals surface area (Å²) in [4.78, 5) is 2.39. The van der Waals surface area contributed by atoms with Crippen LogP contribution < -0.4 is 0 Å². The van der Waals surface area contributed by atoms with Crippen LogP contribution >= 0.6 is 0 Å². The van der Waals surface area contributed by atoms with Crippen molar-refractivity contribution in [1.82, 2.24) is 4.90 Å². The first-order valence-electron chi connectivity index (χ1n) is 9.89. The van der Waals surface area contributed by atoms with Gasteiger partial charge in [-0.1, -0.05) is 97.9 Å². The summed E-state index contributed by atoms with van der Waals surface area (Å²) in [7, 11) is 2.18. The fourth-order valence-corrected chi connectivity index (χ4v) is 2.99. The zero-order valence-electron chi connectivity index (χ0n) is 17.6. The molecule has 1 spiro atoms. The Kier molecular flexibility index (Phi) is 16.1. The highest BCUT2D eigenvalue weighted by molar-refractivity contribution is 5.29. The Morgan fingerprint density at radius 2 is 1.46 bits per heavy atom. The molecule has 2 heterocycles. The summed E-state index contributed by atoms with van der Waals surface area (Å²) in [5, 5.41) is 0. The van der Waals surface area contributed by atoms with Crippen LogP contribution in [0, 0.1) is 0 Å². The molecule has 2 atom stereocenters.